The van der Waals surface area contributed by atoms with Gasteiger partial charge in [0.1, 0.15) is 5.69 Å². The van der Waals surface area contributed by atoms with Gasteiger partial charge in [0, 0.05) is 50.4 Å². The van der Waals surface area contributed by atoms with E-state index in [0.717, 1.165) is 19.3 Å². The van der Waals surface area contributed by atoms with Crippen LogP contribution in [0.25, 0.3) is 22.8 Å². The smallest absolute Gasteiger partial charge is 0.262 e. The number of aryl methyl sites for hydroxylation is 1. The molecule has 168 valence electrons. The summed E-state index contributed by atoms with van der Waals surface area (Å²) in [5.74, 6) is -1.37. The van der Waals surface area contributed by atoms with Gasteiger partial charge in [-0.3, -0.25) is 9.48 Å². The van der Waals surface area contributed by atoms with Crippen LogP contribution in [0, 0.1) is 0 Å². The van der Waals surface area contributed by atoms with Gasteiger partial charge in [-0.25, -0.2) is 15.0 Å². The number of amides is 1. The lowest BCUT2D eigenvalue weighted by Gasteiger charge is -2.16. The Kier molecular flexibility index (Phi) is 4.05. The van der Waals surface area contributed by atoms with Crippen molar-refractivity contribution in [3.8, 4) is 22.8 Å². The van der Waals surface area contributed by atoms with E-state index in [0.29, 0.717) is 27.9 Å². The summed E-state index contributed by atoms with van der Waals surface area (Å²) < 4.78 is 39.2. The normalized spacial score (nSPS) is 23.0. The van der Waals surface area contributed by atoms with Crippen molar-refractivity contribution in [3.63, 3.8) is 0 Å². The Morgan fingerprint density at radius 3 is 2.76 bits per heavy atom. The van der Waals surface area contributed by atoms with Gasteiger partial charge in [0.2, 0.25) is 11.5 Å². The Balaban J connectivity index is 1.45. The average Bonchev–Trinajstić information content (AvgIpc) is 3.59. The van der Waals surface area contributed by atoms with Gasteiger partial charge in [-0.1, -0.05) is 11.2 Å². The molecule has 0 radical (unpaired) electrons. The fourth-order valence-electron chi connectivity index (χ4n) is 3.26. The van der Waals surface area contributed by atoms with Crippen LogP contribution in [-0.2, 0) is 16.9 Å². The summed E-state index contributed by atoms with van der Waals surface area (Å²) in [6.45, 7) is -0.0794. The minimum Gasteiger partial charge on any atom is -0.373 e. The van der Waals surface area contributed by atoms with E-state index in [-0.39, 0.29) is 5.69 Å². The molecular formula is C22H22N8O3. The molecule has 1 amide bonds. The standard InChI is InChI=1S/C22H22N8O3/c1-3-30-13-14(12-24-30)25-21-23-9-7-17(27-21)15-5-4-6-16(26-15)18-11-19(33-28-18)22(32)8-10-29(2)20(22)31/h4-7,9,11-13,32H,3,8,10H2,1-2H3,(H,23,25,27)/i8D2,10D2. The number of likely N-dealkylation sites (tertiary alicyclic amines) is 1. The van der Waals surface area contributed by atoms with Crippen molar-refractivity contribution in [2.45, 2.75) is 25.4 Å². The maximum atomic E-state index is 12.7. The van der Waals surface area contributed by atoms with E-state index in [1.807, 2.05) is 13.1 Å². The summed E-state index contributed by atoms with van der Waals surface area (Å²) in [6, 6.07) is 7.89. The number of pyridine rings is 1. The molecule has 0 spiro atoms. The second-order valence-electron chi connectivity index (χ2n) is 7.27. The van der Waals surface area contributed by atoms with Crippen molar-refractivity contribution in [1.29, 1.82) is 0 Å². The Bertz CT molecular complexity index is 1490. The van der Waals surface area contributed by atoms with E-state index in [9.17, 15) is 9.90 Å². The number of anilines is 2. The van der Waals surface area contributed by atoms with Gasteiger partial charge < -0.3 is 19.8 Å². The first-order valence-corrected chi connectivity index (χ1v) is 10.1. The maximum Gasteiger partial charge on any atom is 0.262 e. The summed E-state index contributed by atoms with van der Waals surface area (Å²) >= 11 is 0. The van der Waals surface area contributed by atoms with Crippen LogP contribution in [-0.4, -0.2) is 59.3 Å². The fraction of sp³-hybridized carbons (Fsp3) is 0.273. The maximum absolute atomic E-state index is 12.7. The number of nitrogens with zero attached hydrogens (tertiary/aromatic N) is 7. The molecule has 0 saturated carbocycles. The van der Waals surface area contributed by atoms with Crippen LogP contribution in [0.5, 0.6) is 0 Å². The number of carbonyl (C=O) groups is 1. The SMILES string of the molecule is [2H]C1([2H])N(C)C(=O)C(O)(c2cc(-c3cccc(-c4ccnc(Nc5cnn(CC)c5)n4)n3)no2)C1([2H])[2H]. The first kappa shape index (κ1) is 16.5. The van der Waals surface area contributed by atoms with Crippen LogP contribution in [0.2, 0.25) is 0 Å². The van der Waals surface area contributed by atoms with Crippen LogP contribution >= 0.6 is 0 Å². The molecule has 1 saturated heterocycles. The monoisotopic (exact) mass is 450 g/mol. The molecule has 0 aromatic carbocycles. The molecule has 1 aliphatic rings. The molecule has 33 heavy (non-hydrogen) atoms. The van der Waals surface area contributed by atoms with Crippen LogP contribution in [0.15, 0.2) is 53.4 Å². The number of nitrogens with one attached hydrogen (secondary N) is 1. The van der Waals surface area contributed by atoms with E-state index in [2.05, 4.69) is 30.5 Å². The van der Waals surface area contributed by atoms with E-state index in [4.69, 9.17) is 10.0 Å². The van der Waals surface area contributed by atoms with Gasteiger partial charge >= 0.3 is 0 Å². The zero-order chi connectivity index (χ0) is 26.6. The zero-order valence-corrected chi connectivity index (χ0v) is 17.7. The predicted octanol–water partition coefficient (Wildman–Crippen LogP) is 2.20. The molecule has 4 aromatic heterocycles. The minimum absolute atomic E-state index is 0.114. The van der Waals surface area contributed by atoms with Crippen molar-refractivity contribution in [2.24, 2.45) is 0 Å². The lowest BCUT2D eigenvalue weighted by Crippen LogP contribution is -2.35. The van der Waals surface area contributed by atoms with Crippen LogP contribution in [0.4, 0.5) is 11.6 Å². The molecule has 1 fully saturated rings. The molecule has 0 bridgehead atoms. The van der Waals surface area contributed by atoms with Crippen LogP contribution < -0.4 is 5.32 Å². The van der Waals surface area contributed by atoms with Gasteiger partial charge in [0.05, 0.1) is 29.0 Å². The highest BCUT2D eigenvalue weighted by atomic mass is 16.5. The lowest BCUT2D eigenvalue weighted by molar-refractivity contribution is -0.144. The Morgan fingerprint density at radius 2 is 2.03 bits per heavy atom. The molecule has 4 aromatic rings. The summed E-state index contributed by atoms with van der Waals surface area (Å²) in [5.41, 5.74) is -0.794. The fourth-order valence-corrected chi connectivity index (χ4v) is 3.26. The van der Waals surface area contributed by atoms with Gasteiger partial charge in [-0.2, -0.15) is 5.10 Å². The van der Waals surface area contributed by atoms with Crippen LogP contribution in [0.1, 0.15) is 24.5 Å². The van der Waals surface area contributed by atoms with E-state index in [1.54, 1.807) is 41.3 Å². The third kappa shape index (κ3) is 3.82. The number of rotatable bonds is 6. The largest absolute Gasteiger partial charge is 0.373 e. The van der Waals surface area contributed by atoms with Gasteiger partial charge in [0.25, 0.3) is 5.91 Å². The van der Waals surface area contributed by atoms with Crippen molar-refractivity contribution >= 4 is 17.5 Å². The Hall–Kier alpha value is -4.12. The van der Waals surface area contributed by atoms with Crippen molar-refractivity contribution < 1.29 is 19.9 Å². The molecule has 0 aliphatic carbocycles. The summed E-state index contributed by atoms with van der Waals surface area (Å²) in [6.07, 6.45) is 2.04. The first-order valence-electron chi connectivity index (χ1n) is 12.1. The highest BCUT2D eigenvalue weighted by Crippen LogP contribution is 2.34. The molecule has 2 N–H and O–H groups in total. The number of aliphatic hydroxyl groups is 1. The summed E-state index contributed by atoms with van der Waals surface area (Å²) in [4.78, 5) is 26.5. The predicted molar refractivity (Wildman–Crippen MR) is 118 cm³/mol. The van der Waals surface area contributed by atoms with Gasteiger partial charge in [-0.15, -0.1) is 0 Å². The number of aromatic nitrogens is 6. The molecule has 11 heteroatoms. The van der Waals surface area contributed by atoms with E-state index in [1.165, 1.54) is 6.07 Å². The zero-order valence-electron chi connectivity index (χ0n) is 21.7. The molecule has 1 unspecified atom stereocenters. The van der Waals surface area contributed by atoms with Crippen LogP contribution in [0.3, 0.4) is 0 Å². The van der Waals surface area contributed by atoms with Crippen molar-refractivity contribution in [3.05, 3.63) is 54.7 Å². The Morgan fingerprint density at radius 1 is 1.24 bits per heavy atom. The highest BCUT2D eigenvalue weighted by Gasteiger charge is 2.48. The van der Waals surface area contributed by atoms with Gasteiger partial charge in [-0.05, 0) is 25.1 Å². The lowest BCUT2D eigenvalue weighted by atomic mass is 9.98. The molecular weight excluding hydrogens is 424 g/mol. The molecule has 1 atom stereocenters. The quantitative estimate of drug-likeness (QED) is 0.453. The Labute approximate surface area is 194 Å². The average molecular weight is 450 g/mol. The minimum atomic E-state index is -3.02. The molecule has 1 aliphatic heterocycles. The van der Waals surface area contributed by atoms with E-state index >= 15 is 0 Å². The number of carbonyl (C=O) groups excluding carboxylic acids is 1. The van der Waals surface area contributed by atoms with Gasteiger partial charge in [0.15, 0.2) is 5.76 Å². The number of hydrogen-bond donors (Lipinski definition) is 2. The third-order valence-corrected chi connectivity index (χ3v) is 5.03. The van der Waals surface area contributed by atoms with Crippen molar-refractivity contribution in [2.75, 3.05) is 18.9 Å². The highest BCUT2D eigenvalue weighted by molar-refractivity contribution is 5.87. The number of likely N-dealkylation sites (N-methyl/N-ethyl adjacent to an activating group) is 1. The second-order valence-corrected chi connectivity index (χ2v) is 7.27. The summed E-state index contributed by atoms with van der Waals surface area (Å²) in [7, 11) is 1.07. The topological polar surface area (TPSA) is 135 Å². The molecule has 5 rings (SSSR count). The third-order valence-electron chi connectivity index (χ3n) is 5.03. The van der Waals surface area contributed by atoms with Crippen molar-refractivity contribution in [1.82, 2.24) is 34.8 Å². The molecule has 5 heterocycles. The van der Waals surface area contributed by atoms with E-state index < -0.39 is 30.1 Å². The first-order chi connectivity index (χ1) is 17.5. The second kappa shape index (κ2) is 8.10. The molecule has 11 nitrogen and oxygen atoms in total. The summed E-state index contributed by atoms with van der Waals surface area (Å²) in [5, 5.41) is 22.2. The number of hydrogen-bond acceptors (Lipinski definition) is 9.